The number of aliphatic imine (C=N–C) groups is 1. The molecule has 2 rings (SSSR count). The van der Waals surface area contributed by atoms with Gasteiger partial charge in [0.15, 0.2) is 12.2 Å². The van der Waals surface area contributed by atoms with Crippen LogP contribution < -0.4 is 11.1 Å². The van der Waals surface area contributed by atoms with Crippen LogP contribution in [-0.4, -0.2) is 93.1 Å². The Balaban J connectivity index is 2.14. The minimum absolute atomic E-state index is 0.0487. The molecule has 0 spiro atoms. The molecule has 0 aromatic heterocycles. The standard InChI is InChI=1S/C15H25N5O5S2/c1-8-17-14(16)18-11(22)7-26-15(24)20(8)5-9-10(4-12(23)19(2)3)27-13(6-21)25-9/h9-11,13,21-22H,1,4-7H2,2-3H3,(H3,16,17,18). The second-order valence-electron chi connectivity index (χ2n) is 6.21. The van der Waals surface area contributed by atoms with Crippen LogP contribution in [-0.2, 0) is 9.53 Å². The molecule has 152 valence electrons. The molecule has 2 aliphatic rings. The van der Waals surface area contributed by atoms with Crippen LogP contribution in [0, 0.1) is 0 Å². The summed E-state index contributed by atoms with van der Waals surface area (Å²) in [6.45, 7) is 3.74. The molecule has 2 heterocycles. The molecular weight excluding hydrogens is 394 g/mol. The average molecular weight is 420 g/mol. The van der Waals surface area contributed by atoms with Crippen molar-refractivity contribution in [1.82, 2.24) is 15.1 Å². The van der Waals surface area contributed by atoms with Crippen LogP contribution in [0.25, 0.3) is 0 Å². The van der Waals surface area contributed by atoms with Crippen LogP contribution in [0.2, 0.25) is 0 Å². The Morgan fingerprint density at radius 3 is 2.89 bits per heavy atom. The van der Waals surface area contributed by atoms with E-state index < -0.39 is 17.8 Å². The Hall–Kier alpha value is -1.47. The Labute approximate surface area is 166 Å². The number of guanidine groups is 1. The fourth-order valence-electron chi connectivity index (χ4n) is 2.52. The quantitative estimate of drug-likeness (QED) is 0.448. The van der Waals surface area contributed by atoms with Gasteiger partial charge >= 0.3 is 0 Å². The molecule has 5 N–H and O–H groups in total. The number of amides is 2. The van der Waals surface area contributed by atoms with Crippen molar-refractivity contribution in [3.63, 3.8) is 0 Å². The number of nitrogens with one attached hydrogen (secondary N) is 1. The largest absolute Gasteiger partial charge is 0.393 e. The average Bonchev–Trinajstić information content (AvgIpc) is 2.99. The van der Waals surface area contributed by atoms with Crippen LogP contribution in [0.4, 0.5) is 4.79 Å². The number of carbonyl (C=O) groups is 2. The monoisotopic (exact) mass is 419 g/mol. The molecule has 12 heteroatoms. The van der Waals surface area contributed by atoms with Crippen molar-refractivity contribution in [3.8, 4) is 0 Å². The minimum atomic E-state index is -1.11. The van der Waals surface area contributed by atoms with E-state index in [0.29, 0.717) is 0 Å². The zero-order chi connectivity index (χ0) is 20.1. The first-order chi connectivity index (χ1) is 12.7. The molecule has 1 fully saturated rings. The number of carbonyl (C=O) groups excluding carboxylic acids is 2. The summed E-state index contributed by atoms with van der Waals surface area (Å²) in [5.74, 6) is 0.123. The van der Waals surface area contributed by atoms with Crippen LogP contribution in [0.15, 0.2) is 17.4 Å². The van der Waals surface area contributed by atoms with Gasteiger partial charge in [-0.05, 0) is 0 Å². The highest BCUT2D eigenvalue weighted by Crippen LogP contribution is 2.36. The molecule has 4 unspecified atom stereocenters. The molecule has 2 amide bonds. The molecule has 0 aromatic carbocycles. The molecule has 0 saturated carbocycles. The summed E-state index contributed by atoms with van der Waals surface area (Å²) < 4.78 is 5.81. The number of aliphatic hydroxyl groups excluding tert-OH is 2. The first kappa shape index (κ1) is 21.8. The normalized spacial score (nSPS) is 29.5. The molecule has 27 heavy (non-hydrogen) atoms. The summed E-state index contributed by atoms with van der Waals surface area (Å²) in [7, 11) is 3.34. The van der Waals surface area contributed by atoms with E-state index in [0.717, 1.165) is 11.8 Å². The molecule has 0 bridgehead atoms. The fraction of sp³-hybridized carbons (Fsp3) is 0.667. The maximum Gasteiger partial charge on any atom is 0.287 e. The number of hydrogen-bond donors (Lipinski definition) is 4. The van der Waals surface area contributed by atoms with Gasteiger partial charge in [0.1, 0.15) is 11.3 Å². The number of rotatable bonds is 5. The van der Waals surface area contributed by atoms with Crippen molar-refractivity contribution in [2.24, 2.45) is 10.7 Å². The smallest absolute Gasteiger partial charge is 0.287 e. The highest BCUT2D eigenvalue weighted by Gasteiger charge is 2.39. The van der Waals surface area contributed by atoms with Gasteiger partial charge < -0.3 is 30.9 Å². The molecule has 0 aliphatic carbocycles. The summed E-state index contributed by atoms with van der Waals surface area (Å²) in [4.78, 5) is 31.3. The predicted molar refractivity (Wildman–Crippen MR) is 105 cm³/mol. The van der Waals surface area contributed by atoms with E-state index in [1.807, 2.05) is 0 Å². The van der Waals surface area contributed by atoms with Crippen LogP contribution in [0.1, 0.15) is 6.42 Å². The van der Waals surface area contributed by atoms with Crippen LogP contribution in [0.5, 0.6) is 0 Å². The van der Waals surface area contributed by atoms with Gasteiger partial charge in [-0.15, -0.1) is 11.8 Å². The number of hydrogen-bond acceptors (Lipinski definition) is 10. The van der Waals surface area contributed by atoms with Crippen molar-refractivity contribution in [1.29, 1.82) is 0 Å². The number of thioether (sulfide) groups is 2. The summed E-state index contributed by atoms with van der Waals surface area (Å²) in [5, 5.41) is 21.2. The van der Waals surface area contributed by atoms with Gasteiger partial charge in [0, 0.05) is 31.5 Å². The highest BCUT2D eigenvalue weighted by molar-refractivity contribution is 8.13. The van der Waals surface area contributed by atoms with Gasteiger partial charge in [-0.2, -0.15) is 0 Å². The van der Waals surface area contributed by atoms with Crippen LogP contribution >= 0.6 is 23.5 Å². The van der Waals surface area contributed by atoms with E-state index in [2.05, 4.69) is 16.9 Å². The van der Waals surface area contributed by atoms with Gasteiger partial charge in [-0.1, -0.05) is 18.3 Å². The summed E-state index contributed by atoms with van der Waals surface area (Å²) in [6.07, 6.45) is -1.37. The Bertz CT molecular complexity index is 617. The number of nitrogens with two attached hydrogens (primary N) is 1. The molecule has 0 aromatic rings. The fourth-order valence-corrected chi connectivity index (χ4v) is 4.48. The minimum Gasteiger partial charge on any atom is -0.393 e. The molecule has 2 aliphatic heterocycles. The van der Waals surface area contributed by atoms with E-state index in [4.69, 9.17) is 10.5 Å². The van der Waals surface area contributed by atoms with E-state index in [-0.39, 0.29) is 53.5 Å². The predicted octanol–water partition coefficient (Wildman–Crippen LogP) is -0.854. The van der Waals surface area contributed by atoms with E-state index in [9.17, 15) is 19.8 Å². The van der Waals surface area contributed by atoms with Gasteiger partial charge in [-0.3, -0.25) is 14.5 Å². The zero-order valence-electron chi connectivity index (χ0n) is 15.2. The second kappa shape index (κ2) is 9.64. The van der Waals surface area contributed by atoms with Crippen molar-refractivity contribution in [3.05, 3.63) is 12.4 Å². The lowest BCUT2D eigenvalue weighted by Crippen LogP contribution is -2.45. The molecule has 0 radical (unpaired) electrons. The third-order valence-corrected chi connectivity index (χ3v) is 6.23. The van der Waals surface area contributed by atoms with Crippen LogP contribution in [0.3, 0.4) is 0 Å². The summed E-state index contributed by atoms with van der Waals surface area (Å²) in [5.41, 5.74) is 5.22. The van der Waals surface area contributed by atoms with Gasteiger partial charge in [0.2, 0.25) is 5.91 Å². The maximum absolute atomic E-state index is 12.6. The third kappa shape index (κ3) is 6.01. The van der Waals surface area contributed by atoms with E-state index in [1.165, 1.54) is 21.6 Å². The van der Waals surface area contributed by atoms with Crippen molar-refractivity contribution < 1.29 is 24.5 Å². The summed E-state index contributed by atoms with van der Waals surface area (Å²) >= 11 is 2.25. The number of nitrogens with zero attached hydrogens (tertiary/aromatic N) is 3. The Morgan fingerprint density at radius 1 is 1.56 bits per heavy atom. The lowest BCUT2D eigenvalue weighted by molar-refractivity contribution is -0.129. The van der Waals surface area contributed by atoms with Crippen molar-refractivity contribution >= 4 is 40.6 Å². The molecule has 4 atom stereocenters. The van der Waals surface area contributed by atoms with E-state index in [1.54, 1.807) is 14.1 Å². The molecular formula is C15H25N5O5S2. The first-order valence-electron chi connectivity index (χ1n) is 8.24. The molecule has 1 saturated heterocycles. The van der Waals surface area contributed by atoms with Crippen molar-refractivity contribution in [2.45, 2.75) is 29.4 Å². The van der Waals surface area contributed by atoms with Gasteiger partial charge in [0.05, 0.1) is 19.3 Å². The number of ether oxygens (including phenoxy) is 1. The lowest BCUT2D eigenvalue weighted by Gasteiger charge is -2.28. The number of aliphatic hydroxyl groups is 2. The highest BCUT2D eigenvalue weighted by atomic mass is 32.2. The Morgan fingerprint density at radius 2 is 2.26 bits per heavy atom. The third-order valence-electron chi connectivity index (χ3n) is 3.92. The maximum atomic E-state index is 12.6. The van der Waals surface area contributed by atoms with E-state index >= 15 is 0 Å². The molecule has 10 nitrogen and oxygen atoms in total. The topological polar surface area (TPSA) is 141 Å². The SMILES string of the molecule is C=C1NC(N)=NC(O)CSC(=O)N1CC1OC(CO)SC1CC(=O)N(C)C. The van der Waals surface area contributed by atoms with Crippen molar-refractivity contribution in [2.75, 3.05) is 33.0 Å². The van der Waals surface area contributed by atoms with Gasteiger partial charge in [0.25, 0.3) is 5.24 Å². The Kier molecular flexibility index (Phi) is 7.79. The lowest BCUT2D eigenvalue weighted by atomic mass is 10.1. The van der Waals surface area contributed by atoms with Gasteiger partial charge in [-0.25, -0.2) is 4.99 Å². The first-order valence-corrected chi connectivity index (χ1v) is 10.2. The second-order valence-corrected chi connectivity index (χ2v) is 8.58. The zero-order valence-corrected chi connectivity index (χ0v) is 16.8. The summed E-state index contributed by atoms with van der Waals surface area (Å²) in [6, 6.07) is 0.